The van der Waals surface area contributed by atoms with Crippen LogP contribution in [0.4, 0.5) is 4.39 Å². The van der Waals surface area contributed by atoms with Gasteiger partial charge in [0.15, 0.2) is 0 Å². The van der Waals surface area contributed by atoms with Crippen molar-refractivity contribution in [1.29, 1.82) is 0 Å². The highest BCUT2D eigenvalue weighted by molar-refractivity contribution is 5.65. The lowest BCUT2D eigenvalue weighted by Gasteiger charge is -2.09. The molecule has 0 unspecified atom stereocenters. The molecule has 0 aliphatic carbocycles. The Bertz CT molecular complexity index is 546. The summed E-state index contributed by atoms with van der Waals surface area (Å²) in [6.07, 6.45) is 2.11. The highest BCUT2D eigenvalue weighted by atomic mass is 19.1. The Morgan fingerprint density at radius 1 is 0.950 bits per heavy atom. The van der Waals surface area contributed by atoms with Crippen LogP contribution in [-0.2, 0) is 13.0 Å². The van der Waals surface area contributed by atoms with Crippen LogP contribution in [0.5, 0.6) is 0 Å². The highest BCUT2D eigenvalue weighted by Gasteiger charge is 2.06. The van der Waals surface area contributed by atoms with E-state index in [0.29, 0.717) is 5.56 Å². The van der Waals surface area contributed by atoms with Crippen molar-refractivity contribution >= 4 is 0 Å². The van der Waals surface area contributed by atoms with Crippen molar-refractivity contribution in [1.82, 2.24) is 5.32 Å². The monoisotopic (exact) mass is 271 g/mol. The Morgan fingerprint density at radius 2 is 1.65 bits per heavy atom. The van der Waals surface area contributed by atoms with Crippen LogP contribution in [0.15, 0.2) is 42.5 Å². The van der Waals surface area contributed by atoms with Crippen molar-refractivity contribution in [2.75, 3.05) is 6.54 Å². The lowest BCUT2D eigenvalue weighted by atomic mass is 10.0. The smallest absolute Gasteiger partial charge is 0.131 e. The standard InChI is InChI=1S/C18H22FN/c1-3-11-20-13-15-7-10-18(19)17(12-15)16-8-5-14(4-2)6-9-16/h5-10,12,20H,3-4,11,13H2,1-2H3. The van der Waals surface area contributed by atoms with Gasteiger partial charge in [-0.1, -0.05) is 44.2 Å². The van der Waals surface area contributed by atoms with Gasteiger partial charge >= 0.3 is 0 Å². The first kappa shape index (κ1) is 14.7. The first-order chi connectivity index (χ1) is 9.74. The molecule has 0 amide bonds. The van der Waals surface area contributed by atoms with E-state index < -0.39 is 0 Å². The van der Waals surface area contributed by atoms with Crippen molar-refractivity contribution in [3.05, 3.63) is 59.4 Å². The zero-order chi connectivity index (χ0) is 14.4. The summed E-state index contributed by atoms with van der Waals surface area (Å²) in [5.41, 5.74) is 4.02. The number of rotatable bonds is 6. The first-order valence-electron chi connectivity index (χ1n) is 7.33. The van der Waals surface area contributed by atoms with E-state index in [9.17, 15) is 4.39 Å². The van der Waals surface area contributed by atoms with Gasteiger partial charge in [-0.2, -0.15) is 0 Å². The third-order valence-corrected chi connectivity index (χ3v) is 3.46. The summed E-state index contributed by atoms with van der Waals surface area (Å²) in [7, 11) is 0. The Morgan fingerprint density at radius 3 is 2.30 bits per heavy atom. The molecule has 2 aromatic carbocycles. The van der Waals surface area contributed by atoms with Gasteiger partial charge in [0, 0.05) is 12.1 Å². The molecule has 0 aliphatic rings. The summed E-state index contributed by atoms with van der Waals surface area (Å²) in [6.45, 7) is 6.03. The molecule has 2 rings (SSSR count). The number of hydrogen-bond acceptors (Lipinski definition) is 1. The molecule has 106 valence electrons. The van der Waals surface area contributed by atoms with Crippen molar-refractivity contribution in [3.63, 3.8) is 0 Å². The van der Waals surface area contributed by atoms with Gasteiger partial charge in [-0.25, -0.2) is 4.39 Å². The van der Waals surface area contributed by atoms with E-state index >= 15 is 0 Å². The zero-order valence-electron chi connectivity index (χ0n) is 12.2. The minimum absolute atomic E-state index is 0.159. The van der Waals surface area contributed by atoms with Crippen LogP contribution in [0.1, 0.15) is 31.4 Å². The summed E-state index contributed by atoms with van der Waals surface area (Å²) >= 11 is 0. The van der Waals surface area contributed by atoms with E-state index in [2.05, 4.69) is 31.3 Å². The average molecular weight is 271 g/mol. The minimum Gasteiger partial charge on any atom is -0.313 e. The van der Waals surface area contributed by atoms with Gasteiger partial charge < -0.3 is 5.32 Å². The molecular weight excluding hydrogens is 249 g/mol. The summed E-state index contributed by atoms with van der Waals surface area (Å²) in [5.74, 6) is -0.159. The molecule has 0 saturated heterocycles. The maximum atomic E-state index is 14.0. The Hall–Kier alpha value is -1.67. The molecule has 0 radical (unpaired) electrons. The average Bonchev–Trinajstić information content (AvgIpc) is 2.49. The predicted molar refractivity (Wildman–Crippen MR) is 83.2 cm³/mol. The van der Waals surface area contributed by atoms with Crippen LogP contribution in [0.2, 0.25) is 0 Å². The molecule has 1 N–H and O–H groups in total. The van der Waals surface area contributed by atoms with Gasteiger partial charge in [0.1, 0.15) is 5.82 Å². The topological polar surface area (TPSA) is 12.0 Å². The fraction of sp³-hybridized carbons (Fsp3) is 0.333. The van der Waals surface area contributed by atoms with Gasteiger partial charge in [0.05, 0.1) is 0 Å². The van der Waals surface area contributed by atoms with Crippen LogP contribution in [0.3, 0.4) is 0 Å². The van der Waals surface area contributed by atoms with Gasteiger partial charge in [-0.3, -0.25) is 0 Å². The molecule has 2 heteroatoms. The Kier molecular flexibility index (Phi) is 5.31. The fourth-order valence-corrected chi connectivity index (χ4v) is 2.23. The molecule has 0 atom stereocenters. The molecule has 0 aromatic heterocycles. The first-order valence-corrected chi connectivity index (χ1v) is 7.33. The van der Waals surface area contributed by atoms with Crippen molar-refractivity contribution < 1.29 is 4.39 Å². The van der Waals surface area contributed by atoms with Crippen LogP contribution in [0, 0.1) is 5.82 Å². The van der Waals surface area contributed by atoms with Crippen molar-refractivity contribution in [2.24, 2.45) is 0 Å². The van der Waals surface area contributed by atoms with E-state index in [-0.39, 0.29) is 5.82 Å². The third kappa shape index (κ3) is 3.67. The minimum atomic E-state index is -0.159. The molecule has 0 bridgehead atoms. The van der Waals surface area contributed by atoms with Crippen LogP contribution < -0.4 is 5.32 Å². The second kappa shape index (κ2) is 7.20. The van der Waals surface area contributed by atoms with Crippen LogP contribution in [0.25, 0.3) is 11.1 Å². The highest BCUT2D eigenvalue weighted by Crippen LogP contribution is 2.24. The molecule has 0 spiro atoms. The second-order valence-corrected chi connectivity index (χ2v) is 5.04. The van der Waals surface area contributed by atoms with Crippen LogP contribution in [-0.4, -0.2) is 6.54 Å². The van der Waals surface area contributed by atoms with E-state index in [0.717, 1.165) is 37.1 Å². The SMILES string of the molecule is CCCNCc1ccc(F)c(-c2ccc(CC)cc2)c1. The maximum Gasteiger partial charge on any atom is 0.131 e. The van der Waals surface area contributed by atoms with Crippen molar-refractivity contribution in [3.8, 4) is 11.1 Å². The van der Waals surface area contributed by atoms with Crippen molar-refractivity contribution in [2.45, 2.75) is 33.2 Å². The molecule has 0 aliphatic heterocycles. The van der Waals surface area contributed by atoms with E-state index in [1.807, 2.05) is 24.3 Å². The molecule has 20 heavy (non-hydrogen) atoms. The quantitative estimate of drug-likeness (QED) is 0.760. The summed E-state index contributed by atoms with van der Waals surface area (Å²) in [5, 5.41) is 3.35. The van der Waals surface area contributed by atoms with Crippen LogP contribution >= 0.6 is 0 Å². The number of hydrogen-bond donors (Lipinski definition) is 1. The Labute approximate surface area is 120 Å². The van der Waals surface area contributed by atoms with E-state index in [4.69, 9.17) is 0 Å². The second-order valence-electron chi connectivity index (χ2n) is 5.04. The molecule has 0 heterocycles. The summed E-state index contributed by atoms with van der Waals surface area (Å²) in [6, 6.07) is 13.5. The lowest BCUT2D eigenvalue weighted by molar-refractivity contribution is 0.628. The largest absolute Gasteiger partial charge is 0.313 e. The van der Waals surface area contributed by atoms with E-state index in [1.54, 1.807) is 6.07 Å². The molecular formula is C18H22FN. The number of halogens is 1. The third-order valence-electron chi connectivity index (χ3n) is 3.46. The van der Waals surface area contributed by atoms with Gasteiger partial charge in [-0.15, -0.1) is 0 Å². The van der Waals surface area contributed by atoms with Gasteiger partial charge in [0.25, 0.3) is 0 Å². The molecule has 1 nitrogen and oxygen atoms in total. The number of aryl methyl sites for hydroxylation is 1. The Balaban J connectivity index is 2.22. The molecule has 0 fully saturated rings. The number of benzene rings is 2. The lowest BCUT2D eigenvalue weighted by Crippen LogP contribution is -2.13. The number of nitrogens with one attached hydrogen (secondary N) is 1. The molecule has 2 aromatic rings. The summed E-state index contributed by atoms with van der Waals surface area (Å²) in [4.78, 5) is 0. The maximum absolute atomic E-state index is 14.0. The van der Waals surface area contributed by atoms with E-state index in [1.165, 1.54) is 5.56 Å². The molecule has 0 saturated carbocycles. The van der Waals surface area contributed by atoms with Gasteiger partial charge in [-0.05, 0) is 48.2 Å². The predicted octanol–water partition coefficient (Wildman–Crippen LogP) is 4.55. The summed E-state index contributed by atoms with van der Waals surface area (Å²) < 4.78 is 14.0. The normalized spacial score (nSPS) is 10.8. The zero-order valence-corrected chi connectivity index (χ0v) is 12.2. The van der Waals surface area contributed by atoms with Gasteiger partial charge in [0.2, 0.25) is 0 Å². The fourth-order valence-electron chi connectivity index (χ4n) is 2.23.